The highest BCUT2D eigenvalue weighted by molar-refractivity contribution is 6.31. The minimum atomic E-state index is -1.83. The van der Waals surface area contributed by atoms with E-state index < -0.39 is 35.4 Å². The summed E-state index contributed by atoms with van der Waals surface area (Å²) in [4.78, 5) is 17.7. The predicted molar refractivity (Wildman–Crippen MR) is 113 cm³/mol. The van der Waals surface area contributed by atoms with E-state index in [-0.39, 0.29) is 52.5 Å². The van der Waals surface area contributed by atoms with Crippen molar-refractivity contribution in [3.05, 3.63) is 46.7 Å². The number of aryl methyl sites for hydroxylation is 1. The molecule has 1 amide bonds. The molecule has 2 aromatic heterocycles. The third-order valence-corrected chi connectivity index (χ3v) is 5.80. The number of aromatic nitrogens is 5. The Morgan fingerprint density at radius 3 is 2.70 bits per heavy atom. The molecule has 0 bridgehead atoms. The lowest BCUT2D eigenvalue weighted by molar-refractivity contribution is -0.140. The highest BCUT2D eigenvalue weighted by atomic mass is 35.5. The molecule has 8 nitrogen and oxygen atoms in total. The molecule has 3 aromatic rings. The molecule has 4 rings (SSSR count). The fourth-order valence-electron chi connectivity index (χ4n) is 3.90. The van der Waals surface area contributed by atoms with Crippen LogP contribution in [-0.4, -0.2) is 48.0 Å². The van der Waals surface area contributed by atoms with Crippen LogP contribution in [0.3, 0.4) is 0 Å². The molecule has 1 aromatic carbocycles. The first-order chi connectivity index (χ1) is 15.6. The Morgan fingerprint density at radius 1 is 1.33 bits per heavy atom. The van der Waals surface area contributed by atoms with E-state index in [1.807, 2.05) is 0 Å². The molecule has 1 saturated carbocycles. The van der Waals surface area contributed by atoms with Crippen LogP contribution in [-0.2, 0) is 11.8 Å². The van der Waals surface area contributed by atoms with Gasteiger partial charge >= 0.3 is 0 Å². The second-order valence-corrected chi connectivity index (χ2v) is 8.51. The number of pyridine rings is 1. The van der Waals surface area contributed by atoms with E-state index in [0.717, 1.165) is 16.9 Å². The number of nitrogens with zero attached hydrogens (tertiary/aromatic N) is 5. The van der Waals surface area contributed by atoms with Crippen molar-refractivity contribution >= 4 is 17.5 Å². The van der Waals surface area contributed by atoms with Crippen LogP contribution in [0.5, 0.6) is 0 Å². The van der Waals surface area contributed by atoms with Crippen molar-refractivity contribution in [1.82, 2.24) is 30.5 Å². The molecule has 0 saturated heterocycles. The van der Waals surface area contributed by atoms with Crippen LogP contribution in [0.15, 0.2) is 24.4 Å². The number of benzene rings is 1. The number of alkyl halides is 1. The van der Waals surface area contributed by atoms with Crippen molar-refractivity contribution in [2.75, 3.05) is 0 Å². The average molecular weight is 481 g/mol. The fraction of sp³-hybridized carbons (Fsp3) is 0.381. The van der Waals surface area contributed by atoms with Crippen molar-refractivity contribution in [1.29, 1.82) is 0 Å². The molecule has 12 heteroatoms. The molecular formula is C21H20ClF3N6O2. The van der Waals surface area contributed by atoms with Crippen LogP contribution in [0.1, 0.15) is 37.9 Å². The zero-order valence-corrected chi connectivity index (χ0v) is 18.4. The van der Waals surface area contributed by atoms with Gasteiger partial charge in [-0.1, -0.05) is 11.6 Å². The van der Waals surface area contributed by atoms with Gasteiger partial charge < -0.3 is 10.4 Å². The quantitative estimate of drug-likeness (QED) is 0.580. The summed E-state index contributed by atoms with van der Waals surface area (Å²) < 4.78 is 43.2. The molecule has 0 radical (unpaired) electrons. The van der Waals surface area contributed by atoms with Crippen LogP contribution in [0.4, 0.5) is 13.2 Å². The molecule has 1 fully saturated rings. The molecule has 174 valence electrons. The summed E-state index contributed by atoms with van der Waals surface area (Å²) in [5, 5.41) is 24.4. The lowest BCUT2D eigenvalue weighted by Gasteiger charge is -2.24. The highest BCUT2D eigenvalue weighted by Gasteiger charge is 2.44. The van der Waals surface area contributed by atoms with E-state index in [9.17, 15) is 23.1 Å². The normalized spacial score (nSPS) is 21.2. The van der Waals surface area contributed by atoms with Crippen LogP contribution in [0, 0.1) is 11.6 Å². The monoisotopic (exact) mass is 480 g/mol. The highest BCUT2D eigenvalue weighted by Crippen LogP contribution is 2.36. The summed E-state index contributed by atoms with van der Waals surface area (Å²) in [6.07, 6.45) is -0.199. The first kappa shape index (κ1) is 23.1. The second kappa shape index (κ2) is 8.71. The standard InChI is InChI=1S/C21H20ClF3N6O2/c1-10(27-20(32)21(33)4-3-13(23)8-21)18-16(25)5-11(9-26-18)14-6-12(22)7-15(24)17(14)19-28-30-31(2)29-19/h5-7,9-10,13,33H,3-4,8H2,1-2H3,(H,27,32)/t10-,13?,21?/m1/s1. The maximum absolute atomic E-state index is 15.0. The maximum atomic E-state index is 15.0. The average Bonchev–Trinajstić information content (AvgIpc) is 3.32. The van der Waals surface area contributed by atoms with Crippen LogP contribution >= 0.6 is 11.6 Å². The van der Waals surface area contributed by atoms with E-state index in [0.29, 0.717) is 0 Å². The summed E-state index contributed by atoms with van der Waals surface area (Å²) in [6.45, 7) is 1.49. The zero-order valence-electron chi connectivity index (χ0n) is 17.7. The lowest BCUT2D eigenvalue weighted by atomic mass is 9.98. The number of carbonyl (C=O) groups excluding carboxylic acids is 1. The molecule has 2 heterocycles. The van der Waals surface area contributed by atoms with E-state index in [2.05, 4.69) is 25.7 Å². The molecule has 3 atom stereocenters. The van der Waals surface area contributed by atoms with E-state index in [4.69, 9.17) is 11.6 Å². The van der Waals surface area contributed by atoms with Gasteiger partial charge in [0.15, 0.2) is 0 Å². The summed E-state index contributed by atoms with van der Waals surface area (Å²) >= 11 is 6.02. The minimum Gasteiger partial charge on any atom is -0.380 e. The van der Waals surface area contributed by atoms with Crippen LogP contribution in [0.2, 0.25) is 5.02 Å². The molecule has 1 aliphatic carbocycles. The molecular weight excluding hydrogens is 461 g/mol. The summed E-state index contributed by atoms with van der Waals surface area (Å²) in [5.74, 6) is -2.29. The third kappa shape index (κ3) is 4.55. The molecule has 2 N–H and O–H groups in total. The summed E-state index contributed by atoms with van der Waals surface area (Å²) in [7, 11) is 1.52. The van der Waals surface area contributed by atoms with Gasteiger partial charge in [0, 0.05) is 23.2 Å². The number of amides is 1. The van der Waals surface area contributed by atoms with Gasteiger partial charge in [-0.3, -0.25) is 9.78 Å². The summed E-state index contributed by atoms with van der Waals surface area (Å²) in [5.41, 5.74) is -1.55. The van der Waals surface area contributed by atoms with Gasteiger partial charge in [0.25, 0.3) is 5.91 Å². The Morgan fingerprint density at radius 2 is 2.09 bits per heavy atom. The predicted octanol–water partition coefficient (Wildman–Crippen LogP) is 3.30. The number of tetrazole rings is 1. The maximum Gasteiger partial charge on any atom is 0.252 e. The van der Waals surface area contributed by atoms with Crippen molar-refractivity contribution in [3.63, 3.8) is 0 Å². The lowest BCUT2D eigenvalue weighted by Crippen LogP contribution is -2.46. The van der Waals surface area contributed by atoms with Gasteiger partial charge in [-0.2, -0.15) is 4.80 Å². The number of hydrogen-bond donors (Lipinski definition) is 2. The largest absolute Gasteiger partial charge is 0.380 e. The SMILES string of the molecule is C[C@@H](NC(=O)C1(O)CCC(F)C1)c1ncc(-c2cc(Cl)cc(F)c2-c2nnn(C)n2)cc1F. The number of rotatable bonds is 5. The molecule has 0 aliphatic heterocycles. The van der Waals surface area contributed by atoms with Crippen molar-refractivity contribution in [3.8, 4) is 22.5 Å². The van der Waals surface area contributed by atoms with Gasteiger partial charge in [-0.15, -0.1) is 10.2 Å². The Kier molecular flexibility index (Phi) is 6.10. The molecule has 1 aliphatic rings. The Balaban J connectivity index is 1.64. The van der Waals surface area contributed by atoms with Crippen LogP contribution < -0.4 is 5.32 Å². The van der Waals surface area contributed by atoms with Gasteiger partial charge in [0.1, 0.15) is 23.4 Å². The zero-order chi connectivity index (χ0) is 23.9. The number of halogens is 4. The smallest absolute Gasteiger partial charge is 0.252 e. The van der Waals surface area contributed by atoms with Gasteiger partial charge in [-0.25, -0.2) is 13.2 Å². The minimum absolute atomic E-state index is 0.0113. The van der Waals surface area contributed by atoms with Crippen molar-refractivity contribution < 1.29 is 23.1 Å². The number of hydrogen-bond acceptors (Lipinski definition) is 6. The number of nitrogens with one attached hydrogen (secondary N) is 1. The first-order valence-electron chi connectivity index (χ1n) is 10.1. The molecule has 2 unspecified atom stereocenters. The summed E-state index contributed by atoms with van der Waals surface area (Å²) in [6, 6.07) is 2.73. The van der Waals surface area contributed by atoms with Gasteiger partial charge in [0.05, 0.1) is 24.3 Å². The molecule has 33 heavy (non-hydrogen) atoms. The number of aliphatic hydroxyl groups is 1. The van der Waals surface area contributed by atoms with Crippen molar-refractivity contribution in [2.45, 2.75) is 44.0 Å². The topological polar surface area (TPSA) is 106 Å². The number of carbonyl (C=O) groups is 1. The second-order valence-electron chi connectivity index (χ2n) is 8.07. The fourth-order valence-corrected chi connectivity index (χ4v) is 4.10. The molecule has 0 spiro atoms. The van der Waals surface area contributed by atoms with E-state index in [1.54, 1.807) is 0 Å². The third-order valence-electron chi connectivity index (χ3n) is 5.58. The Bertz CT molecular complexity index is 1220. The van der Waals surface area contributed by atoms with E-state index in [1.165, 1.54) is 26.2 Å². The first-order valence-corrected chi connectivity index (χ1v) is 10.5. The van der Waals surface area contributed by atoms with Crippen LogP contribution in [0.25, 0.3) is 22.5 Å². The van der Waals surface area contributed by atoms with Gasteiger partial charge in [-0.05, 0) is 48.7 Å². The Hall–Kier alpha value is -3.05. The van der Waals surface area contributed by atoms with Gasteiger partial charge in [0.2, 0.25) is 5.82 Å². The van der Waals surface area contributed by atoms with Crippen molar-refractivity contribution in [2.24, 2.45) is 7.05 Å². The Labute approximate surface area is 191 Å². The van der Waals surface area contributed by atoms with E-state index >= 15 is 0 Å².